The Kier molecular flexibility index (Phi) is 6.05. The van der Waals surface area contributed by atoms with Crippen LogP contribution in [0.15, 0.2) is 42.5 Å². The van der Waals surface area contributed by atoms with E-state index in [1.54, 1.807) is 37.3 Å². The Bertz CT molecular complexity index is 778. The van der Waals surface area contributed by atoms with E-state index >= 15 is 0 Å². The minimum Gasteiger partial charge on any atom is -0.479 e. The van der Waals surface area contributed by atoms with Crippen molar-refractivity contribution in [1.82, 2.24) is 5.32 Å². The molecular formula is C20H20Cl2FNO2. The van der Waals surface area contributed by atoms with Crippen LogP contribution in [0.1, 0.15) is 37.8 Å². The van der Waals surface area contributed by atoms with Crippen molar-refractivity contribution < 1.29 is 13.9 Å². The normalized spacial score (nSPS) is 16.5. The maximum atomic E-state index is 13.2. The van der Waals surface area contributed by atoms with Gasteiger partial charge in [0.1, 0.15) is 11.6 Å². The molecule has 0 bridgehead atoms. The highest BCUT2D eigenvalue weighted by Crippen LogP contribution is 2.38. The molecule has 2 unspecified atom stereocenters. The lowest BCUT2D eigenvalue weighted by Crippen LogP contribution is -2.42. The summed E-state index contributed by atoms with van der Waals surface area (Å²) in [5.41, 5.74) is 0.904. The van der Waals surface area contributed by atoms with Crippen LogP contribution in [0.2, 0.25) is 10.0 Å². The topological polar surface area (TPSA) is 38.3 Å². The first-order valence-electron chi connectivity index (χ1n) is 8.61. The Balaban J connectivity index is 1.69. The highest BCUT2D eigenvalue weighted by molar-refractivity contribution is 6.35. The van der Waals surface area contributed by atoms with Crippen LogP contribution in [0.25, 0.3) is 0 Å². The van der Waals surface area contributed by atoms with Crippen LogP contribution in [0.4, 0.5) is 4.39 Å². The van der Waals surface area contributed by atoms with Gasteiger partial charge in [0.25, 0.3) is 5.91 Å². The number of hydrogen-bond donors (Lipinski definition) is 1. The first-order chi connectivity index (χ1) is 12.4. The average molecular weight is 396 g/mol. The molecule has 6 heteroatoms. The lowest BCUT2D eigenvalue weighted by molar-refractivity contribution is -0.128. The summed E-state index contributed by atoms with van der Waals surface area (Å²) in [5, 5.41) is 3.90. The van der Waals surface area contributed by atoms with Gasteiger partial charge in [0, 0.05) is 5.02 Å². The first-order valence-corrected chi connectivity index (χ1v) is 9.37. The maximum Gasteiger partial charge on any atom is 0.261 e. The van der Waals surface area contributed by atoms with Crippen molar-refractivity contribution in [1.29, 1.82) is 0 Å². The predicted molar refractivity (Wildman–Crippen MR) is 101 cm³/mol. The van der Waals surface area contributed by atoms with E-state index in [9.17, 15) is 9.18 Å². The van der Waals surface area contributed by atoms with Crippen LogP contribution in [-0.2, 0) is 4.79 Å². The van der Waals surface area contributed by atoms with E-state index in [0.717, 1.165) is 24.8 Å². The lowest BCUT2D eigenvalue weighted by atomic mass is 9.77. The Morgan fingerprint density at radius 1 is 1.19 bits per heavy atom. The average Bonchev–Trinajstić information content (AvgIpc) is 2.55. The van der Waals surface area contributed by atoms with Crippen LogP contribution >= 0.6 is 23.2 Å². The molecule has 1 saturated carbocycles. The summed E-state index contributed by atoms with van der Waals surface area (Å²) in [7, 11) is 0. The van der Waals surface area contributed by atoms with Gasteiger partial charge < -0.3 is 10.1 Å². The Labute approximate surface area is 162 Å². The van der Waals surface area contributed by atoms with Gasteiger partial charge in [-0.25, -0.2) is 4.39 Å². The summed E-state index contributed by atoms with van der Waals surface area (Å²) in [6.45, 7) is 1.67. The van der Waals surface area contributed by atoms with Crippen LogP contribution in [0.5, 0.6) is 5.75 Å². The SMILES string of the molecule is CC(Oc1ccc(Cl)cc1Cl)C(=O)NC(c1ccc(F)cc1)C1CCC1. The summed E-state index contributed by atoms with van der Waals surface area (Å²) in [6.07, 6.45) is 2.50. The summed E-state index contributed by atoms with van der Waals surface area (Å²) in [5.74, 6) is 0.232. The fourth-order valence-corrected chi connectivity index (χ4v) is 3.46. The van der Waals surface area contributed by atoms with Gasteiger partial charge in [-0.1, -0.05) is 41.8 Å². The molecule has 0 radical (unpaired) electrons. The minimum absolute atomic E-state index is 0.149. The molecule has 0 aromatic heterocycles. The largest absolute Gasteiger partial charge is 0.479 e. The van der Waals surface area contributed by atoms with Gasteiger partial charge in [-0.15, -0.1) is 0 Å². The summed E-state index contributed by atoms with van der Waals surface area (Å²) >= 11 is 12.0. The number of benzene rings is 2. The highest BCUT2D eigenvalue weighted by atomic mass is 35.5. The van der Waals surface area contributed by atoms with Gasteiger partial charge in [-0.05, 0) is 61.6 Å². The molecule has 0 spiro atoms. The zero-order valence-electron chi connectivity index (χ0n) is 14.3. The standard InChI is InChI=1S/C20H20Cl2FNO2/c1-12(26-18-10-7-15(21)11-17(18)22)20(25)24-19(13-3-2-4-13)14-5-8-16(23)9-6-14/h5-13,19H,2-4H2,1H3,(H,24,25). The molecule has 1 fully saturated rings. The van der Waals surface area contributed by atoms with Gasteiger partial charge in [0.15, 0.2) is 6.10 Å². The van der Waals surface area contributed by atoms with E-state index in [-0.39, 0.29) is 17.8 Å². The number of amides is 1. The summed E-state index contributed by atoms with van der Waals surface area (Å²) < 4.78 is 18.9. The van der Waals surface area contributed by atoms with E-state index in [1.807, 2.05) is 0 Å². The molecule has 2 aromatic carbocycles. The molecule has 1 aliphatic rings. The number of ether oxygens (including phenoxy) is 1. The molecule has 1 amide bonds. The second-order valence-electron chi connectivity index (χ2n) is 6.56. The number of hydrogen-bond acceptors (Lipinski definition) is 2. The van der Waals surface area contributed by atoms with E-state index in [1.165, 1.54) is 12.1 Å². The molecule has 3 rings (SSSR count). The van der Waals surface area contributed by atoms with Gasteiger partial charge in [0.2, 0.25) is 0 Å². The number of halogens is 3. The number of carbonyl (C=O) groups excluding carboxylic acids is 1. The van der Waals surface area contributed by atoms with Crippen molar-refractivity contribution in [2.24, 2.45) is 5.92 Å². The molecule has 0 saturated heterocycles. The molecule has 2 aromatic rings. The predicted octanol–water partition coefficient (Wildman–Crippen LogP) is 5.56. The van der Waals surface area contributed by atoms with Gasteiger partial charge in [-0.3, -0.25) is 4.79 Å². The smallest absolute Gasteiger partial charge is 0.261 e. The number of nitrogens with one attached hydrogen (secondary N) is 1. The zero-order chi connectivity index (χ0) is 18.7. The van der Waals surface area contributed by atoms with Crippen LogP contribution in [0.3, 0.4) is 0 Å². The van der Waals surface area contributed by atoms with E-state index in [4.69, 9.17) is 27.9 Å². The second kappa shape index (κ2) is 8.28. The maximum absolute atomic E-state index is 13.2. The monoisotopic (exact) mass is 395 g/mol. The summed E-state index contributed by atoms with van der Waals surface area (Å²) in [4.78, 5) is 12.6. The minimum atomic E-state index is -0.725. The molecule has 1 aliphatic carbocycles. The molecule has 3 nitrogen and oxygen atoms in total. The molecule has 0 aliphatic heterocycles. The third-order valence-corrected chi connectivity index (χ3v) is 5.25. The molecular weight excluding hydrogens is 376 g/mol. The van der Waals surface area contributed by atoms with Crippen molar-refractivity contribution in [3.63, 3.8) is 0 Å². The van der Waals surface area contributed by atoms with Crippen molar-refractivity contribution in [3.8, 4) is 5.75 Å². The van der Waals surface area contributed by atoms with Gasteiger partial charge in [-0.2, -0.15) is 0 Å². The number of rotatable bonds is 6. The van der Waals surface area contributed by atoms with Crippen molar-refractivity contribution in [3.05, 3.63) is 63.9 Å². The van der Waals surface area contributed by atoms with Crippen LogP contribution in [-0.4, -0.2) is 12.0 Å². The molecule has 138 valence electrons. The zero-order valence-corrected chi connectivity index (χ0v) is 15.9. The fraction of sp³-hybridized carbons (Fsp3) is 0.350. The van der Waals surface area contributed by atoms with E-state index in [2.05, 4.69) is 5.32 Å². The summed E-state index contributed by atoms with van der Waals surface area (Å²) in [6, 6.07) is 11.0. The molecule has 26 heavy (non-hydrogen) atoms. The Morgan fingerprint density at radius 2 is 1.88 bits per heavy atom. The molecule has 1 N–H and O–H groups in total. The second-order valence-corrected chi connectivity index (χ2v) is 7.41. The van der Waals surface area contributed by atoms with Crippen LogP contribution < -0.4 is 10.1 Å². The Morgan fingerprint density at radius 3 is 2.46 bits per heavy atom. The fourth-order valence-electron chi connectivity index (χ4n) is 3.00. The first kappa shape index (κ1) is 19.0. The lowest BCUT2D eigenvalue weighted by Gasteiger charge is -2.35. The van der Waals surface area contributed by atoms with Gasteiger partial charge in [0.05, 0.1) is 11.1 Å². The highest BCUT2D eigenvalue weighted by Gasteiger charge is 2.31. The van der Waals surface area contributed by atoms with E-state index < -0.39 is 6.10 Å². The third-order valence-electron chi connectivity index (χ3n) is 4.72. The van der Waals surface area contributed by atoms with Gasteiger partial charge >= 0.3 is 0 Å². The quantitative estimate of drug-likeness (QED) is 0.695. The van der Waals surface area contributed by atoms with Crippen molar-refractivity contribution in [2.75, 3.05) is 0 Å². The van der Waals surface area contributed by atoms with E-state index in [0.29, 0.717) is 21.7 Å². The Hall–Kier alpha value is -1.78. The van der Waals surface area contributed by atoms with Crippen molar-refractivity contribution in [2.45, 2.75) is 38.3 Å². The number of carbonyl (C=O) groups is 1. The molecule has 2 atom stereocenters. The van der Waals surface area contributed by atoms with Crippen LogP contribution in [0, 0.1) is 11.7 Å². The van der Waals surface area contributed by atoms with Crippen molar-refractivity contribution >= 4 is 29.1 Å². The third kappa shape index (κ3) is 4.49. The molecule has 0 heterocycles.